The van der Waals surface area contributed by atoms with Gasteiger partial charge in [0.05, 0.1) is 12.0 Å². The summed E-state index contributed by atoms with van der Waals surface area (Å²) in [5, 5.41) is 8.31. The Kier molecular flexibility index (Phi) is 3.51. The van der Waals surface area contributed by atoms with E-state index in [9.17, 15) is 22.4 Å². The second kappa shape index (κ2) is 4.51. The number of aliphatic carboxylic acids is 1. The predicted molar refractivity (Wildman–Crippen MR) is 47.5 cm³/mol. The third-order valence-electron chi connectivity index (χ3n) is 1.93. The number of benzene rings is 1. The smallest absolute Gasteiger partial charge is 0.416 e. The zero-order valence-corrected chi connectivity index (χ0v) is 7.96. The number of carboxylic acid groups (broad SMARTS) is 1. The van der Waals surface area contributed by atoms with E-state index in [2.05, 4.69) is 0 Å². The Morgan fingerprint density at radius 1 is 1.38 bits per heavy atom. The lowest BCUT2D eigenvalue weighted by molar-refractivity contribution is -0.138. The number of rotatable bonds is 3. The number of alkyl halides is 4. The van der Waals surface area contributed by atoms with E-state index in [0.29, 0.717) is 6.07 Å². The van der Waals surface area contributed by atoms with Crippen molar-refractivity contribution in [3.05, 3.63) is 35.4 Å². The van der Waals surface area contributed by atoms with Gasteiger partial charge in [-0.05, 0) is 17.7 Å². The van der Waals surface area contributed by atoms with Crippen LogP contribution in [-0.4, -0.2) is 11.1 Å². The van der Waals surface area contributed by atoms with Crippen LogP contribution in [0.1, 0.15) is 23.7 Å². The van der Waals surface area contributed by atoms with Gasteiger partial charge in [0.25, 0.3) is 0 Å². The molecule has 0 aliphatic rings. The van der Waals surface area contributed by atoms with Crippen LogP contribution in [0.5, 0.6) is 0 Å². The van der Waals surface area contributed by atoms with Crippen LogP contribution in [0.2, 0.25) is 0 Å². The van der Waals surface area contributed by atoms with Gasteiger partial charge in [0, 0.05) is 0 Å². The quantitative estimate of drug-likeness (QED) is 0.818. The maximum absolute atomic E-state index is 13.2. The van der Waals surface area contributed by atoms with Crippen molar-refractivity contribution < 1.29 is 27.5 Å². The molecule has 1 N–H and O–H groups in total. The van der Waals surface area contributed by atoms with Gasteiger partial charge >= 0.3 is 12.1 Å². The fourth-order valence-electron chi connectivity index (χ4n) is 1.18. The highest BCUT2D eigenvalue weighted by atomic mass is 19.4. The highest BCUT2D eigenvalue weighted by Crippen LogP contribution is 2.32. The minimum absolute atomic E-state index is 0.280. The average Bonchev–Trinajstić information content (AvgIpc) is 2.15. The van der Waals surface area contributed by atoms with Gasteiger partial charge in [-0.15, -0.1) is 0 Å². The lowest BCUT2D eigenvalue weighted by atomic mass is 10.0. The molecule has 6 heteroatoms. The van der Waals surface area contributed by atoms with Crippen LogP contribution in [0.15, 0.2) is 24.3 Å². The van der Waals surface area contributed by atoms with Gasteiger partial charge in [0.1, 0.15) is 6.17 Å². The molecule has 88 valence electrons. The van der Waals surface area contributed by atoms with Crippen LogP contribution in [0.3, 0.4) is 0 Å². The summed E-state index contributed by atoms with van der Waals surface area (Å²) in [5.74, 6) is -1.40. The largest absolute Gasteiger partial charge is 0.481 e. The molecule has 1 atom stereocenters. The van der Waals surface area contributed by atoms with Gasteiger partial charge in [0.2, 0.25) is 0 Å². The monoisotopic (exact) mass is 236 g/mol. The summed E-state index contributed by atoms with van der Waals surface area (Å²) in [7, 11) is 0. The van der Waals surface area contributed by atoms with Crippen LogP contribution in [0, 0.1) is 0 Å². The topological polar surface area (TPSA) is 37.3 Å². The second-order valence-corrected chi connectivity index (χ2v) is 3.19. The van der Waals surface area contributed by atoms with E-state index in [1.807, 2.05) is 0 Å². The molecule has 0 spiro atoms. The van der Waals surface area contributed by atoms with E-state index in [1.165, 1.54) is 0 Å². The third kappa shape index (κ3) is 3.22. The SMILES string of the molecule is O=C(O)CC(F)c1cccc(C(F)(F)F)c1. The molecular formula is C10H8F4O2. The summed E-state index contributed by atoms with van der Waals surface area (Å²) >= 11 is 0. The van der Waals surface area contributed by atoms with Gasteiger partial charge in [-0.1, -0.05) is 12.1 Å². The Balaban J connectivity index is 2.94. The Labute approximate surface area is 88.5 Å². The van der Waals surface area contributed by atoms with Crippen LogP contribution >= 0.6 is 0 Å². The molecule has 0 fully saturated rings. The van der Waals surface area contributed by atoms with Crippen molar-refractivity contribution in [1.29, 1.82) is 0 Å². The molecule has 0 heterocycles. The number of carboxylic acids is 1. The number of hydrogen-bond acceptors (Lipinski definition) is 1. The van der Waals surface area contributed by atoms with Crippen molar-refractivity contribution >= 4 is 5.97 Å². The van der Waals surface area contributed by atoms with E-state index in [1.54, 1.807) is 0 Å². The Hall–Kier alpha value is -1.59. The lowest BCUT2D eigenvalue weighted by Crippen LogP contribution is -2.07. The maximum atomic E-state index is 13.2. The van der Waals surface area contributed by atoms with Crippen molar-refractivity contribution in [3.63, 3.8) is 0 Å². The molecule has 1 aromatic carbocycles. The Bertz CT molecular complexity index is 387. The molecule has 0 aliphatic carbocycles. The number of hydrogen-bond donors (Lipinski definition) is 1. The summed E-state index contributed by atoms with van der Waals surface area (Å²) in [6.07, 6.45) is -7.33. The second-order valence-electron chi connectivity index (χ2n) is 3.19. The number of carbonyl (C=O) groups is 1. The van der Waals surface area contributed by atoms with Gasteiger partial charge in [0.15, 0.2) is 0 Å². The fraction of sp³-hybridized carbons (Fsp3) is 0.300. The molecule has 0 bridgehead atoms. The van der Waals surface area contributed by atoms with Gasteiger partial charge in [-0.25, -0.2) is 4.39 Å². The van der Waals surface area contributed by atoms with E-state index >= 15 is 0 Å². The molecule has 0 amide bonds. The minimum Gasteiger partial charge on any atom is -0.481 e. The molecule has 0 radical (unpaired) electrons. The molecule has 0 aliphatic heterocycles. The van der Waals surface area contributed by atoms with Crippen molar-refractivity contribution in [2.75, 3.05) is 0 Å². The first-order chi connectivity index (χ1) is 7.30. The third-order valence-corrected chi connectivity index (χ3v) is 1.93. The molecule has 16 heavy (non-hydrogen) atoms. The van der Waals surface area contributed by atoms with Gasteiger partial charge in [-0.3, -0.25) is 4.79 Å². The molecule has 0 aromatic heterocycles. The van der Waals surface area contributed by atoms with Crippen LogP contribution in [0.4, 0.5) is 17.6 Å². The molecule has 2 nitrogen and oxygen atoms in total. The van der Waals surface area contributed by atoms with Crippen LogP contribution in [0.25, 0.3) is 0 Å². The predicted octanol–water partition coefficient (Wildman–Crippen LogP) is 3.19. The van der Waals surface area contributed by atoms with E-state index in [-0.39, 0.29) is 5.56 Å². The molecule has 1 unspecified atom stereocenters. The zero-order valence-electron chi connectivity index (χ0n) is 7.96. The normalized spacial score (nSPS) is 13.5. The maximum Gasteiger partial charge on any atom is 0.416 e. The van der Waals surface area contributed by atoms with E-state index < -0.39 is 30.3 Å². The summed E-state index contributed by atoms with van der Waals surface area (Å²) < 4.78 is 50.0. The van der Waals surface area contributed by atoms with Crippen molar-refractivity contribution in [2.24, 2.45) is 0 Å². The Morgan fingerprint density at radius 3 is 2.50 bits per heavy atom. The van der Waals surface area contributed by atoms with Crippen LogP contribution < -0.4 is 0 Å². The molecular weight excluding hydrogens is 228 g/mol. The van der Waals surface area contributed by atoms with E-state index in [4.69, 9.17) is 5.11 Å². The highest BCUT2D eigenvalue weighted by molar-refractivity contribution is 5.67. The Morgan fingerprint density at radius 2 is 2.00 bits per heavy atom. The van der Waals surface area contributed by atoms with Gasteiger partial charge < -0.3 is 5.11 Å². The first-order valence-electron chi connectivity index (χ1n) is 4.33. The van der Waals surface area contributed by atoms with E-state index in [0.717, 1.165) is 18.2 Å². The van der Waals surface area contributed by atoms with Gasteiger partial charge in [-0.2, -0.15) is 13.2 Å². The molecule has 1 rings (SSSR count). The highest BCUT2D eigenvalue weighted by Gasteiger charge is 2.31. The lowest BCUT2D eigenvalue weighted by Gasteiger charge is -2.10. The number of halogens is 4. The summed E-state index contributed by atoms with van der Waals surface area (Å²) in [4.78, 5) is 10.2. The molecule has 1 aromatic rings. The fourth-order valence-corrected chi connectivity index (χ4v) is 1.18. The first-order valence-corrected chi connectivity index (χ1v) is 4.33. The van der Waals surface area contributed by atoms with Crippen molar-refractivity contribution in [3.8, 4) is 0 Å². The van der Waals surface area contributed by atoms with Crippen LogP contribution in [-0.2, 0) is 11.0 Å². The first kappa shape index (κ1) is 12.5. The minimum atomic E-state index is -4.56. The summed E-state index contributed by atoms with van der Waals surface area (Å²) in [6, 6.07) is 3.60. The molecule has 0 saturated heterocycles. The zero-order chi connectivity index (χ0) is 12.3. The summed E-state index contributed by atoms with van der Waals surface area (Å²) in [6.45, 7) is 0. The van der Waals surface area contributed by atoms with Crippen molar-refractivity contribution in [2.45, 2.75) is 18.8 Å². The molecule has 0 saturated carbocycles. The standard InChI is InChI=1S/C10H8F4O2/c11-8(5-9(15)16)6-2-1-3-7(4-6)10(12,13)14/h1-4,8H,5H2,(H,15,16). The summed E-state index contributed by atoms with van der Waals surface area (Å²) in [5.41, 5.74) is -1.27. The van der Waals surface area contributed by atoms with Crippen molar-refractivity contribution in [1.82, 2.24) is 0 Å². The average molecular weight is 236 g/mol.